The van der Waals surface area contributed by atoms with Gasteiger partial charge in [-0.3, -0.25) is 4.90 Å². The van der Waals surface area contributed by atoms with E-state index in [9.17, 15) is 4.79 Å². The molecular weight excluding hydrogens is 239 g/mol. The van der Waals surface area contributed by atoms with E-state index in [2.05, 4.69) is 10.2 Å². The first-order chi connectivity index (χ1) is 9.28. The molecule has 0 saturated carbocycles. The Balaban J connectivity index is 1.71. The van der Waals surface area contributed by atoms with E-state index in [0.29, 0.717) is 11.5 Å². The number of ether oxygens (including phenoxy) is 1. The van der Waals surface area contributed by atoms with Crippen LogP contribution in [0.1, 0.15) is 23.2 Å². The molecule has 2 bridgehead atoms. The number of carbonyl (C=O) groups excluding carboxylic acids is 1. The summed E-state index contributed by atoms with van der Waals surface area (Å²) in [5.41, 5.74) is 1.45. The Morgan fingerprint density at radius 3 is 2.68 bits per heavy atom. The van der Waals surface area contributed by atoms with Gasteiger partial charge in [0.25, 0.3) is 0 Å². The molecule has 0 amide bonds. The molecule has 3 fully saturated rings. The van der Waals surface area contributed by atoms with Crippen molar-refractivity contribution in [2.24, 2.45) is 5.92 Å². The average Bonchev–Trinajstić information content (AvgIpc) is 2.48. The molecule has 0 radical (unpaired) electrons. The molecule has 1 aromatic carbocycles. The molecule has 19 heavy (non-hydrogen) atoms. The summed E-state index contributed by atoms with van der Waals surface area (Å²) in [5, 5.41) is 3.04. The van der Waals surface area contributed by atoms with Gasteiger partial charge in [-0.2, -0.15) is 0 Å². The Bertz CT molecular complexity index is 467. The molecule has 4 heteroatoms. The number of para-hydroxylation sites is 1. The van der Waals surface area contributed by atoms with Gasteiger partial charge in [0.05, 0.1) is 5.56 Å². The fraction of sp³-hybridized carbons (Fsp3) is 0.533. The van der Waals surface area contributed by atoms with E-state index in [1.807, 2.05) is 31.3 Å². The van der Waals surface area contributed by atoms with E-state index >= 15 is 0 Å². The lowest BCUT2D eigenvalue weighted by Crippen LogP contribution is -2.51. The molecule has 0 spiro atoms. The number of carbonyl (C=O) groups is 1. The number of hydrogen-bond acceptors (Lipinski definition) is 4. The van der Waals surface area contributed by atoms with Gasteiger partial charge >= 0.3 is 5.97 Å². The molecule has 4 rings (SSSR count). The van der Waals surface area contributed by atoms with Crippen molar-refractivity contribution >= 4 is 11.7 Å². The SMILES string of the molecule is [11CH3]Nc1ccccc1C(=O)O[C@H]1CN2CCC1CC2. The van der Waals surface area contributed by atoms with Crippen LogP contribution in [0.3, 0.4) is 0 Å². The number of nitrogens with one attached hydrogen (secondary N) is 1. The predicted molar refractivity (Wildman–Crippen MR) is 74.4 cm³/mol. The van der Waals surface area contributed by atoms with Crippen LogP contribution in [0.15, 0.2) is 24.3 Å². The second-order valence-corrected chi connectivity index (χ2v) is 5.38. The van der Waals surface area contributed by atoms with Crippen LogP contribution in [0, 0.1) is 5.92 Å². The molecule has 3 aliphatic heterocycles. The van der Waals surface area contributed by atoms with Crippen LogP contribution >= 0.6 is 0 Å². The number of hydrogen-bond donors (Lipinski definition) is 1. The number of nitrogens with zero attached hydrogens (tertiary/aromatic N) is 1. The third kappa shape index (κ3) is 2.45. The standard InChI is InChI=1S/C15H20N2O2/c1-16-13-5-3-2-4-12(13)15(18)19-14-10-17-8-6-11(14)7-9-17/h2-5,11,14,16H,6-10H2,1H3/t14-/m0/s1/i1-1. The van der Waals surface area contributed by atoms with E-state index < -0.39 is 0 Å². The Kier molecular flexibility index (Phi) is 3.42. The molecule has 4 nitrogen and oxygen atoms in total. The lowest BCUT2D eigenvalue weighted by molar-refractivity contribution is -0.0455. The van der Waals surface area contributed by atoms with Crippen LogP contribution in [0.5, 0.6) is 0 Å². The van der Waals surface area contributed by atoms with E-state index in [1.165, 1.54) is 0 Å². The zero-order chi connectivity index (χ0) is 13.2. The van der Waals surface area contributed by atoms with E-state index in [-0.39, 0.29) is 12.1 Å². The van der Waals surface area contributed by atoms with E-state index in [0.717, 1.165) is 38.2 Å². The third-order valence-corrected chi connectivity index (χ3v) is 4.27. The molecule has 1 aromatic rings. The van der Waals surface area contributed by atoms with E-state index in [4.69, 9.17) is 4.74 Å². The zero-order valence-corrected chi connectivity index (χ0v) is 11.3. The monoisotopic (exact) mass is 259 g/mol. The minimum absolute atomic E-state index is 0.0694. The smallest absolute Gasteiger partial charge is 0.340 e. The van der Waals surface area contributed by atoms with Crippen molar-refractivity contribution in [1.82, 2.24) is 4.90 Å². The quantitative estimate of drug-likeness (QED) is 0.843. The highest BCUT2D eigenvalue weighted by atomic mass is 16.5. The third-order valence-electron chi connectivity index (χ3n) is 4.27. The van der Waals surface area contributed by atoms with Gasteiger partial charge in [0.2, 0.25) is 0 Å². The summed E-state index contributed by atoms with van der Waals surface area (Å²) in [7, 11) is 1.82. The summed E-state index contributed by atoms with van der Waals surface area (Å²) in [6.45, 7) is 3.22. The van der Waals surface area contributed by atoms with Gasteiger partial charge < -0.3 is 10.1 Å². The number of piperidine rings is 3. The summed E-state index contributed by atoms with van der Waals surface area (Å²) in [6.07, 6.45) is 2.39. The van der Waals surface area contributed by atoms with Gasteiger partial charge in [-0.1, -0.05) is 12.1 Å². The number of rotatable bonds is 3. The van der Waals surface area contributed by atoms with Crippen molar-refractivity contribution in [3.63, 3.8) is 0 Å². The number of benzene rings is 1. The Hall–Kier alpha value is -1.55. The van der Waals surface area contributed by atoms with Crippen molar-refractivity contribution in [2.45, 2.75) is 18.9 Å². The summed E-state index contributed by atoms with van der Waals surface area (Å²) < 4.78 is 5.73. The fourth-order valence-corrected chi connectivity index (χ4v) is 3.12. The first-order valence-corrected chi connectivity index (χ1v) is 6.98. The molecule has 3 aliphatic rings. The highest BCUT2D eigenvalue weighted by molar-refractivity contribution is 5.95. The second-order valence-electron chi connectivity index (χ2n) is 5.38. The van der Waals surface area contributed by atoms with Crippen molar-refractivity contribution < 1.29 is 9.53 Å². The molecule has 0 aromatic heterocycles. The highest BCUT2D eigenvalue weighted by Gasteiger charge is 2.36. The molecule has 3 saturated heterocycles. The Labute approximate surface area is 113 Å². The molecule has 1 atom stereocenters. The Morgan fingerprint density at radius 1 is 1.32 bits per heavy atom. The van der Waals surface area contributed by atoms with Crippen molar-refractivity contribution in [3.8, 4) is 0 Å². The number of anilines is 1. The predicted octanol–water partition coefficient (Wildman–Crippen LogP) is 1.98. The van der Waals surface area contributed by atoms with Crippen molar-refractivity contribution in [3.05, 3.63) is 29.8 Å². The second kappa shape index (κ2) is 5.21. The molecule has 0 unspecified atom stereocenters. The summed E-state index contributed by atoms with van der Waals surface area (Å²) in [4.78, 5) is 14.7. The molecule has 1 N–H and O–H groups in total. The van der Waals surface area contributed by atoms with Gasteiger partial charge in [0.1, 0.15) is 6.10 Å². The fourth-order valence-electron chi connectivity index (χ4n) is 3.12. The van der Waals surface area contributed by atoms with Gasteiger partial charge in [-0.25, -0.2) is 4.79 Å². The zero-order valence-electron chi connectivity index (χ0n) is 11.3. The van der Waals surface area contributed by atoms with Crippen LogP contribution in [-0.4, -0.2) is 43.7 Å². The van der Waals surface area contributed by atoms with E-state index in [1.54, 1.807) is 0 Å². The minimum atomic E-state index is -0.205. The van der Waals surface area contributed by atoms with Crippen LogP contribution in [0.4, 0.5) is 5.69 Å². The lowest BCUT2D eigenvalue weighted by atomic mass is 9.86. The molecule has 0 aliphatic carbocycles. The number of fused-ring (bicyclic) bond motifs is 3. The normalized spacial score (nSPS) is 29.0. The number of esters is 1. The topological polar surface area (TPSA) is 41.6 Å². The minimum Gasteiger partial charge on any atom is -0.457 e. The first-order valence-electron chi connectivity index (χ1n) is 6.98. The summed E-state index contributed by atoms with van der Waals surface area (Å²) in [5.74, 6) is 0.347. The highest BCUT2D eigenvalue weighted by Crippen LogP contribution is 2.30. The van der Waals surface area contributed by atoms with Gasteiger partial charge in [-0.05, 0) is 44.0 Å². The largest absolute Gasteiger partial charge is 0.457 e. The first kappa shape index (κ1) is 12.5. The van der Waals surface area contributed by atoms with Crippen LogP contribution in [0.25, 0.3) is 0 Å². The lowest BCUT2D eigenvalue weighted by Gasteiger charge is -2.43. The van der Waals surface area contributed by atoms with Crippen LogP contribution < -0.4 is 5.32 Å². The van der Waals surface area contributed by atoms with Crippen LogP contribution in [0.2, 0.25) is 0 Å². The summed E-state index contributed by atoms with van der Waals surface area (Å²) >= 11 is 0. The maximum Gasteiger partial charge on any atom is 0.340 e. The Morgan fingerprint density at radius 2 is 2.05 bits per heavy atom. The van der Waals surface area contributed by atoms with Crippen LogP contribution in [-0.2, 0) is 4.74 Å². The summed E-state index contributed by atoms with van der Waals surface area (Å²) in [6, 6.07) is 7.49. The molecular formula is C15H20N2O2. The van der Waals surface area contributed by atoms with Crippen molar-refractivity contribution in [1.29, 1.82) is 0 Å². The average molecular weight is 259 g/mol. The van der Waals surface area contributed by atoms with Gasteiger partial charge in [0, 0.05) is 19.3 Å². The van der Waals surface area contributed by atoms with Crippen molar-refractivity contribution in [2.75, 3.05) is 32.0 Å². The maximum absolute atomic E-state index is 12.3. The molecule has 102 valence electrons. The van der Waals surface area contributed by atoms with Gasteiger partial charge in [0.15, 0.2) is 0 Å². The van der Waals surface area contributed by atoms with Gasteiger partial charge in [-0.15, -0.1) is 0 Å². The molecule has 3 heterocycles. The maximum atomic E-state index is 12.3.